The van der Waals surface area contributed by atoms with Crippen LogP contribution in [-0.2, 0) is 16.1 Å². The number of halogens is 4. The number of nitro benzene ring substituents is 1. The molecule has 7 nitrogen and oxygen atoms in total. The van der Waals surface area contributed by atoms with Gasteiger partial charge in [0.15, 0.2) is 0 Å². The summed E-state index contributed by atoms with van der Waals surface area (Å²) < 4.78 is 53.0. The fourth-order valence-electron chi connectivity index (χ4n) is 3.33. The Labute approximate surface area is 167 Å². The zero-order valence-corrected chi connectivity index (χ0v) is 15.3. The average Bonchev–Trinajstić information content (AvgIpc) is 2.65. The van der Waals surface area contributed by atoms with Crippen molar-refractivity contribution in [3.63, 3.8) is 0 Å². The van der Waals surface area contributed by atoms with Crippen molar-refractivity contribution in [2.75, 3.05) is 11.9 Å². The normalized spacial score (nSPS) is 15.9. The van der Waals surface area contributed by atoms with Crippen LogP contribution >= 0.6 is 0 Å². The van der Waals surface area contributed by atoms with Gasteiger partial charge in [-0.05, 0) is 17.7 Å². The van der Waals surface area contributed by atoms with Gasteiger partial charge in [-0.3, -0.25) is 19.7 Å². The molecule has 0 aliphatic carbocycles. The van der Waals surface area contributed by atoms with Crippen molar-refractivity contribution in [2.24, 2.45) is 0 Å². The number of anilines is 1. The molecule has 11 heteroatoms. The smallest absolute Gasteiger partial charge is 0.328 e. The van der Waals surface area contributed by atoms with Crippen LogP contribution in [0, 0.1) is 15.9 Å². The third-order valence-electron chi connectivity index (χ3n) is 4.58. The summed E-state index contributed by atoms with van der Waals surface area (Å²) in [6.07, 6.45) is -5.20. The quantitative estimate of drug-likeness (QED) is 0.449. The maximum Gasteiger partial charge on any atom is 0.406 e. The molecule has 30 heavy (non-hydrogen) atoms. The summed E-state index contributed by atoms with van der Waals surface area (Å²) in [5.74, 6) is -3.65. The fourth-order valence-corrected chi connectivity index (χ4v) is 3.33. The van der Waals surface area contributed by atoms with Gasteiger partial charge in [-0.2, -0.15) is 13.2 Å². The van der Waals surface area contributed by atoms with E-state index in [2.05, 4.69) is 5.32 Å². The molecule has 2 aromatic carbocycles. The largest absolute Gasteiger partial charge is 0.406 e. The van der Waals surface area contributed by atoms with E-state index in [1.807, 2.05) is 0 Å². The van der Waals surface area contributed by atoms with Crippen LogP contribution in [0.25, 0.3) is 0 Å². The van der Waals surface area contributed by atoms with Crippen molar-refractivity contribution in [1.29, 1.82) is 0 Å². The molecule has 1 atom stereocenters. The van der Waals surface area contributed by atoms with Gasteiger partial charge in [-0.15, -0.1) is 0 Å². The zero-order valence-electron chi connectivity index (χ0n) is 15.3. The number of hydrogen-bond acceptors (Lipinski definition) is 4. The Morgan fingerprint density at radius 2 is 1.93 bits per heavy atom. The highest BCUT2D eigenvalue weighted by atomic mass is 19.4. The number of alkyl halides is 3. The van der Waals surface area contributed by atoms with Crippen molar-refractivity contribution < 1.29 is 32.1 Å². The summed E-state index contributed by atoms with van der Waals surface area (Å²) in [6, 6.07) is 8.38. The molecule has 1 unspecified atom stereocenters. The number of hydrogen-bond donors (Lipinski definition) is 1. The molecule has 1 aliphatic rings. The predicted molar refractivity (Wildman–Crippen MR) is 97.0 cm³/mol. The predicted octanol–water partition coefficient (Wildman–Crippen LogP) is 3.75. The Hall–Kier alpha value is -3.50. The molecule has 0 fully saturated rings. The number of carbonyl (C=O) groups is 2. The highest BCUT2D eigenvalue weighted by Gasteiger charge is 2.39. The van der Waals surface area contributed by atoms with Crippen LogP contribution in [0.5, 0.6) is 0 Å². The first-order valence-electron chi connectivity index (χ1n) is 8.72. The molecule has 1 aliphatic heterocycles. The third-order valence-corrected chi connectivity index (χ3v) is 4.58. The summed E-state index contributed by atoms with van der Waals surface area (Å²) in [5, 5.41) is 13.6. The minimum absolute atomic E-state index is 0.00208. The summed E-state index contributed by atoms with van der Waals surface area (Å²) in [6.45, 7) is -2.34. The van der Waals surface area contributed by atoms with E-state index in [4.69, 9.17) is 0 Å². The topological polar surface area (TPSA) is 92.5 Å². The average molecular weight is 425 g/mol. The molecule has 2 aromatic rings. The lowest BCUT2D eigenvalue weighted by Gasteiger charge is -2.31. The maximum absolute atomic E-state index is 13.5. The Balaban J connectivity index is 1.98. The fraction of sp³-hybridized carbons (Fsp3) is 0.263. The Kier molecular flexibility index (Phi) is 5.72. The van der Waals surface area contributed by atoms with Crippen LogP contribution in [0.3, 0.4) is 0 Å². The molecule has 0 aromatic heterocycles. The molecule has 3 rings (SSSR count). The zero-order chi connectivity index (χ0) is 22.1. The van der Waals surface area contributed by atoms with Gasteiger partial charge < -0.3 is 10.2 Å². The summed E-state index contributed by atoms with van der Waals surface area (Å²) in [7, 11) is 0. The second kappa shape index (κ2) is 8.09. The number of nitrogens with one attached hydrogen (secondary N) is 1. The van der Waals surface area contributed by atoms with E-state index < -0.39 is 59.8 Å². The molecule has 2 amide bonds. The van der Waals surface area contributed by atoms with Crippen LogP contribution in [0.4, 0.5) is 28.9 Å². The number of nitro groups is 1. The van der Waals surface area contributed by atoms with Gasteiger partial charge in [0.1, 0.15) is 12.4 Å². The van der Waals surface area contributed by atoms with Crippen molar-refractivity contribution in [1.82, 2.24) is 4.90 Å². The first-order valence-corrected chi connectivity index (χ1v) is 8.72. The lowest BCUT2D eigenvalue weighted by molar-refractivity contribution is -0.385. The van der Waals surface area contributed by atoms with Crippen LogP contribution < -0.4 is 5.32 Å². The van der Waals surface area contributed by atoms with E-state index in [1.54, 1.807) is 0 Å². The van der Waals surface area contributed by atoms with Gasteiger partial charge in [-0.1, -0.05) is 24.3 Å². The number of benzene rings is 2. The standard InChI is InChI=1S/C19H15F4N3O4/c20-12-5-6-13-14(8-17(27)24-15(13)7-12)18(28)25(10-19(21,22)23)9-11-3-1-2-4-16(11)26(29)30/h1-7,14H,8-10H2,(H,24,27). The van der Waals surface area contributed by atoms with E-state index in [1.165, 1.54) is 24.3 Å². The molecular weight excluding hydrogens is 410 g/mol. The summed E-state index contributed by atoms with van der Waals surface area (Å²) >= 11 is 0. The summed E-state index contributed by atoms with van der Waals surface area (Å²) in [4.78, 5) is 35.8. The number of nitrogens with zero attached hydrogens (tertiary/aromatic N) is 2. The summed E-state index contributed by atoms with van der Waals surface area (Å²) in [5.41, 5.74) is -0.334. The van der Waals surface area contributed by atoms with E-state index in [9.17, 15) is 37.3 Å². The lowest BCUT2D eigenvalue weighted by Crippen LogP contribution is -2.43. The Morgan fingerprint density at radius 1 is 1.23 bits per heavy atom. The van der Waals surface area contributed by atoms with Crippen molar-refractivity contribution in [3.8, 4) is 0 Å². The van der Waals surface area contributed by atoms with Gasteiger partial charge in [0.25, 0.3) is 5.69 Å². The molecule has 0 saturated carbocycles. The number of amides is 2. The Morgan fingerprint density at radius 3 is 2.60 bits per heavy atom. The van der Waals surface area contributed by atoms with Gasteiger partial charge in [-0.25, -0.2) is 4.39 Å². The van der Waals surface area contributed by atoms with Gasteiger partial charge in [0.05, 0.1) is 17.4 Å². The SMILES string of the molecule is O=C1CC(C(=O)N(Cc2ccccc2[N+](=O)[O-])CC(F)(F)F)c2ccc(F)cc2N1. The number of rotatable bonds is 5. The van der Waals surface area contributed by atoms with Crippen LogP contribution in [0.2, 0.25) is 0 Å². The van der Waals surface area contributed by atoms with Crippen molar-refractivity contribution in [2.45, 2.75) is 25.1 Å². The molecule has 0 bridgehead atoms. The van der Waals surface area contributed by atoms with Crippen LogP contribution in [-0.4, -0.2) is 34.4 Å². The minimum atomic E-state index is -4.78. The molecule has 0 radical (unpaired) electrons. The minimum Gasteiger partial charge on any atom is -0.328 e. The number of para-hydroxylation sites is 1. The molecular formula is C19H15F4N3O4. The van der Waals surface area contributed by atoms with Gasteiger partial charge >= 0.3 is 6.18 Å². The van der Waals surface area contributed by atoms with Crippen molar-refractivity contribution in [3.05, 3.63) is 69.5 Å². The van der Waals surface area contributed by atoms with E-state index in [0.29, 0.717) is 4.90 Å². The second-order valence-electron chi connectivity index (χ2n) is 6.73. The second-order valence-corrected chi connectivity index (χ2v) is 6.73. The first-order chi connectivity index (χ1) is 14.0. The first kappa shape index (κ1) is 21.2. The van der Waals surface area contributed by atoms with E-state index in [-0.39, 0.29) is 16.8 Å². The highest BCUT2D eigenvalue weighted by Crippen LogP contribution is 2.35. The van der Waals surface area contributed by atoms with E-state index in [0.717, 1.165) is 18.2 Å². The Bertz CT molecular complexity index is 1010. The van der Waals surface area contributed by atoms with Crippen LogP contribution in [0.15, 0.2) is 42.5 Å². The molecule has 0 spiro atoms. The third kappa shape index (κ3) is 4.73. The number of carbonyl (C=O) groups excluding carboxylic acids is 2. The maximum atomic E-state index is 13.5. The number of fused-ring (bicyclic) bond motifs is 1. The van der Waals surface area contributed by atoms with Gasteiger partial charge in [0.2, 0.25) is 11.8 Å². The van der Waals surface area contributed by atoms with Crippen molar-refractivity contribution >= 4 is 23.2 Å². The van der Waals surface area contributed by atoms with Crippen LogP contribution in [0.1, 0.15) is 23.5 Å². The highest BCUT2D eigenvalue weighted by molar-refractivity contribution is 6.01. The monoisotopic (exact) mass is 425 g/mol. The molecule has 1 heterocycles. The van der Waals surface area contributed by atoms with E-state index >= 15 is 0 Å². The van der Waals surface area contributed by atoms with Gasteiger partial charge in [0, 0.05) is 23.7 Å². The molecule has 0 saturated heterocycles. The lowest BCUT2D eigenvalue weighted by atomic mass is 9.89. The molecule has 158 valence electrons. The molecule has 1 N–H and O–H groups in total.